The van der Waals surface area contributed by atoms with Gasteiger partial charge in [-0.05, 0) is 23.8 Å². The van der Waals surface area contributed by atoms with Gasteiger partial charge in [0, 0.05) is 56.9 Å². The van der Waals surface area contributed by atoms with Crippen molar-refractivity contribution in [3.05, 3.63) is 59.7 Å². The number of rotatable bonds is 5. The quantitative estimate of drug-likeness (QED) is 0.781. The number of carbonyl (C=O) groups excluding carboxylic acids is 3. The number of nitrogens with zero attached hydrogens (tertiary/aromatic N) is 4. The number of pyridine rings is 2. The van der Waals surface area contributed by atoms with Crippen LogP contribution >= 0.6 is 0 Å². The minimum atomic E-state index is -0.353. The van der Waals surface area contributed by atoms with Crippen molar-refractivity contribution in [3.8, 4) is 0 Å². The molecular formula is C18H19N5O3. The Kier molecular flexibility index (Phi) is 5.52. The molecule has 2 aromatic heterocycles. The lowest BCUT2D eigenvalue weighted by atomic mass is 10.1. The van der Waals surface area contributed by atoms with Gasteiger partial charge in [0.15, 0.2) is 0 Å². The van der Waals surface area contributed by atoms with Crippen molar-refractivity contribution in [1.29, 1.82) is 0 Å². The molecular weight excluding hydrogens is 334 g/mol. The highest BCUT2D eigenvalue weighted by Crippen LogP contribution is 2.09. The van der Waals surface area contributed by atoms with Crippen LogP contribution in [0.4, 0.5) is 0 Å². The number of piperazine rings is 1. The van der Waals surface area contributed by atoms with Gasteiger partial charge < -0.3 is 15.1 Å². The van der Waals surface area contributed by atoms with Gasteiger partial charge in [-0.1, -0.05) is 6.07 Å². The fourth-order valence-corrected chi connectivity index (χ4v) is 2.68. The summed E-state index contributed by atoms with van der Waals surface area (Å²) < 4.78 is 0. The summed E-state index contributed by atoms with van der Waals surface area (Å²) in [6.07, 6.45) is 5.58. The predicted octanol–water partition coefficient (Wildman–Crippen LogP) is 0.321. The fraction of sp³-hybridized carbons (Fsp3) is 0.278. The van der Waals surface area contributed by atoms with Crippen LogP contribution in [0, 0.1) is 0 Å². The lowest BCUT2D eigenvalue weighted by Crippen LogP contribution is -2.48. The largest absolute Gasteiger partial charge is 0.347 e. The van der Waals surface area contributed by atoms with E-state index in [1.165, 1.54) is 12.3 Å². The van der Waals surface area contributed by atoms with Gasteiger partial charge in [-0.15, -0.1) is 0 Å². The number of hydrogen-bond donors (Lipinski definition) is 1. The number of nitrogens with one attached hydrogen (secondary N) is 1. The zero-order chi connectivity index (χ0) is 18.4. The number of carbonyl (C=O) groups is 3. The molecule has 1 N–H and O–H groups in total. The van der Waals surface area contributed by atoms with Crippen LogP contribution in [-0.2, 0) is 11.3 Å². The summed E-state index contributed by atoms with van der Waals surface area (Å²) in [5.74, 6) is -0.520. The number of hydrogen-bond acceptors (Lipinski definition) is 5. The van der Waals surface area contributed by atoms with Crippen LogP contribution in [0.3, 0.4) is 0 Å². The van der Waals surface area contributed by atoms with Crippen LogP contribution in [0.1, 0.15) is 26.4 Å². The highest BCUT2D eigenvalue weighted by molar-refractivity contribution is 5.98. The molecule has 2 aromatic rings. The van der Waals surface area contributed by atoms with E-state index < -0.39 is 0 Å². The van der Waals surface area contributed by atoms with Crippen molar-refractivity contribution in [2.24, 2.45) is 0 Å². The van der Waals surface area contributed by atoms with Crippen LogP contribution in [0.5, 0.6) is 0 Å². The summed E-state index contributed by atoms with van der Waals surface area (Å²) in [4.78, 5) is 47.0. The second-order valence-electron chi connectivity index (χ2n) is 5.91. The summed E-state index contributed by atoms with van der Waals surface area (Å²) in [6, 6.07) is 6.74. The summed E-state index contributed by atoms with van der Waals surface area (Å²) >= 11 is 0. The molecule has 26 heavy (non-hydrogen) atoms. The summed E-state index contributed by atoms with van der Waals surface area (Å²) in [5.41, 5.74) is 1.47. The van der Waals surface area contributed by atoms with Crippen molar-refractivity contribution >= 4 is 18.2 Å². The minimum absolute atomic E-state index is 0.167. The van der Waals surface area contributed by atoms with Crippen LogP contribution in [0.15, 0.2) is 42.9 Å². The van der Waals surface area contributed by atoms with Gasteiger partial charge in [-0.3, -0.25) is 24.4 Å². The van der Waals surface area contributed by atoms with Gasteiger partial charge in [0.05, 0.1) is 0 Å². The summed E-state index contributed by atoms with van der Waals surface area (Å²) in [6.45, 7) is 2.31. The van der Waals surface area contributed by atoms with Crippen molar-refractivity contribution in [2.75, 3.05) is 26.2 Å². The van der Waals surface area contributed by atoms with E-state index in [2.05, 4.69) is 15.3 Å². The van der Waals surface area contributed by atoms with Gasteiger partial charge >= 0.3 is 0 Å². The van der Waals surface area contributed by atoms with E-state index >= 15 is 0 Å². The molecule has 0 bridgehead atoms. The molecule has 1 aliphatic rings. The van der Waals surface area contributed by atoms with Crippen molar-refractivity contribution in [2.45, 2.75) is 6.54 Å². The van der Waals surface area contributed by atoms with E-state index in [-0.39, 0.29) is 17.5 Å². The Hall–Kier alpha value is -3.29. The van der Waals surface area contributed by atoms with Crippen LogP contribution in [-0.4, -0.2) is 64.2 Å². The topological polar surface area (TPSA) is 95.5 Å². The predicted molar refractivity (Wildman–Crippen MR) is 93.2 cm³/mol. The van der Waals surface area contributed by atoms with E-state index in [1.54, 1.807) is 34.3 Å². The molecule has 0 aliphatic carbocycles. The minimum Gasteiger partial charge on any atom is -0.347 e. The average molecular weight is 353 g/mol. The second-order valence-corrected chi connectivity index (χ2v) is 5.91. The highest BCUT2D eigenvalue weighted by atomic mass is 16.2. The summed E-state index contributed by atoms with van der Waals surface area (Å²) in [7, 11) is 0. The molecule has 3 rings (SSSR count). The maximum atomic E-state index is 12.6. The van der Waals surface area contributed by atoms with Crippen LogP contribution in [0.2, 0.25) is 0 Å². The molecule has 0 aromatic carbocycles. The van der Waals surface area contributed by atoms with Gasteiger partial charge in [0.2, 0.25) is 6.41 Å². The molecule has 0 spiro atoms. The Bertz CT molecular complexity index is 788. The zero-order valence-electron chi connectivity index (χ0n) is 14.2. The Balaban J connectivity index is 1.63. The van der Waals surface area contributed by atoms with Gasteiger partial charge in [-0.25, -0.2) is 0 Å². The zero-order valence-corrected chi connectivity index (χ0v) is 14.2. The molecule has 3 heterocycles. The third-order valence-corrected chi connectivity index (χ3v) is 4.17. The Morgan fingerprint density at radius 3 is 2.65 bits per heavy atom. The smallest absolute Gasteiger partial charge is 0.270 e. The first-order chi connectivity index (χ1) is 12.7. The third-order valence-electron chi connectivity index (χ3n) is 4.17. The average Bonchev–Trinajstić information content (AvgIpc) is 2.72. The first kappa shape index (κ1) is 17.5. The molecule has 0 atom stereocenters. The molecule has 3 amide bonds. The van der Waals surface area contributed by atoms with Gasteiger partial charge in [0.25, 0.3) is 11.8 Å². The van der Waals surface area contributed by atoms with E-state index in [0.29, 0.717) is 38.3 Å². The van der Waals surface area contributed by atoms with E-state index in [4.69, 9.17) is 0 Å². The van der Waals surface area contributed by atoms with Crippen LogP contribution in [0.25, 0.3) is 0 Å². The molecule has 0 radical (unpaired) electrons. The molecule has 134 valence electrons. The number of amides is 3. The Labute approximate surface area is 150 Å². The third kappa shape index (κ3) is 4.21. The highest BCUT2D eigenvalue weighted by Gasteiger charge is 2.22. The maximum Gasteiger partial charge on any atom is 0.270 e. The molecule has 0 unspecified atom stereocenters. The molecule has 0 saturated carbocycles. The molecule has 1 saturated heterocycles. The first-order valence-electron chi connectivity index (χ1n) is 8.29. The monoisotopic (exact) mass is 353 g/mol. The maximum absolute atomic E-state index is 12.6. The number of aromatic nitrogens is 2. The van der Waals surface area contributed by atoms with Crippen molar-refractivity contribution in [1.82, 2.24) is 25.1 Å². The standard InChI is InChI=1S/C18H19N5O3/c24-13-22-6-8-23(9-7-22)18(26)15-3-5-20-16(10-15)17(25)21-12-14-2-1-4-19-11-14/h1-5,10-11,13H,6-9,12H2,(H,21,25). The van der Waals surface area contributed by atoms with E-state index in [0.717, 1.165) is 12.0 Å². The lowest BCUT2D eigenvalue weighted by Gasteiger charge is -2.32. The van der Waals surface area contributed by atoms with E-state index in [1.807, 2.05) is 6.07 Å². The normalized spacial score (nSPS) is 14.0. The van der Waals surface area contributed by atoms with Gasteiger partial charge in [-0.2, -0.15) is 0 Å². The van der Waals surface area contributed by atoms with E-state index in [9.17, 15) is 14.4 Å². The van der Waals surface area contributed by atoms with Crippen molar-refractivity contribution < 1.29 is 14.4 Å². The molecule has 1 fully saturated rings. The SMILES string of the molecule is O=CN1CCN(C(=O)c2ccnc(C(=O)NCc3cccnc3)c2)CC1. The fourth-order valence-electron chi connectivity index (χ4n) is 2.68. The Morgan fingerprint density at radius 2 is 1.96 bits per heavy atom. The first-order valence-corrected chi connectivity index (χ1v) is 8.29. The molecule has 1 aliphatic heterocycles. The summed E-state index contributed by atoms with van der Waals surface area (Å²) in [5, 5.41) is 2.76. The molecule has 8 nitrogen and oxygen atoms in total. The second kappa shape index (κ2) is 8.19. The molecule has 8 heteroatoms. The van der Waals surface area contributed by atoms with Crippen molar-refractivity contribution in [3.63, 3.8) is 0 Å². The van der Waals surface area contributed by atoms with Crippen LogP contribution < -0.4 is 5.32 Å². The Morgan fingerprint density at radius 1 is 1.15 bits per heavy atom. The lowest BCUT2D eigenvalue weighted by molar-refractivity contribution is -0.119. The van der Waals surface area contributed by atoms with Gasteiger partial charge in [0.1, 0.15) is 5.69 Å².